The SMILES string of the molecule is CC(C=O)OC(COCCCCCCCCCCCCC1CCCCC1)COCCOCC[N+](C)(C)C. The molecule has 0 amide bonds. The Morgan fingerprint density at radius 2 is 1.24 bits per heavy atom. The Labute approximate surface area is 229 Å². The number of nitrogens with zero attached hydrogens (tertiary/aromatic N) is 1. The number of aldehydes is 1. The first-order valence-electron chi connectivity index (χ1n) is 15.5. The van der Waals surface area contributed by atoms with Gasteiger partial charge in [0.1, 0.15) is 25.0 Å². The van der Waals surface area contributed by atoms with Crippen LogP contribution in [0.25, 0.3) is 0 Å². The molecule has 2 unspecified atom stereocenters. The minimum atomic E-state index is -0.449. The standard InChI is InChI=1S/C31H62NO5/c1-29(26-33)37-31(28-36-25-24-34-23-21-32(2,3)4)27-35-22-17-12-10-8-6-5-7-9-11-14-18-30-19-15-13-16-20-30/h26,29-31H,5-25,27-28H2,1-4H3/q+1. The lowest BCUT2D eigenvalue weighted by atomic mass is 9.85. The second kappa shape index (κ2) is 23.4. The fraction of sp³-hybridized carbons (Fsp3) is 0.968. The van der Waals surface area contributed by atoms with Crippen LogP contribution in [0.15, 0.2) is 0 Å². The third-order valence-corrected chi connectivity index (χ3v) is 7.36. The summed E-state index contributed by atoms with van der Waals surface area (Å²) in [5.41, 5.74) is 0. The van der Waals surface area contributed by atoms with Crippen LogP contribution in [0.3, 0.4) is 0 Å². The summed E-state index contributed by atoms with van der Waals surface area (Å²) in [7, 11) is 6.45. The molecule has 0 bridgehead atoms. The van der Waals surface area contributed by atoms with E-state index in [-0.39, 0.29) is 6.10 Å². The maximum atomic E-state index is 11.0. The molecule has 1 aliphatic rings. The number of quaternary nitrogens is 1. The zero-order chi connectivity index (χ0) is 27.0. The monoisotopic (exact) mass is 528 g/mol. The van der Waals surface area contributed by atoms with E-state index in [1.165, 1.54) is 96.3 Å². The summed E-state index contributed by atoms with van der Waals surface area (Å²) in [6.07, 6.45) is 22.5. The van der Waals surface area contributed by atoms with Crippen molar-refractivity contribution in [1.82, 2.24) is 0 Å². The van der Waals surface area contributed by atoms with E-state index in [0.717, 1.165) is 42.9 Å². The molecule has 0 aromatic heterocycles. The first-order valence-corrected chi connectivity index (χ1v) is 15.5. The lowest BCUT2D eigenvalue weighted by Gasteiger charge is -2.23. The van der Waals surface area contributed by atoms with Gasteiger partial charge in [-0.1, -0.05) is 96.3 Å². The highest BCUT2D eigenvalue weighted by atomic mass is 16.6. The number of unbranched alkanes of at least 4 members (excludes halogenated alkanes) is 9. The maximum Gasteiger partial charge on any atom is 0.148 e. The number of rotatable bonds is 26. The van der Waals surface area contributed by atoms with Crippen molar-refractivity contribution in [2.75, 3.05) is 67.3 Å². The van der Waals surface area contributed by atoms with Crippen molar-refractivity contribution in [2.24, 2.45) is 5.92 Å². The molecule has 6 nitrogen and oxygen atoms in total. The lowest BCUT2D eigenvalue weighted by Crippen LogP contribution is -2.37. The number of carbonyl (C=O) groups excluding carboxylic acids is 1. The molecule has 37 heavy (non-hydrogen) atoms. The summed E-state index contributed by atoms with van der Waals surface area (Å²) in [6, 6.07) is 0. The van der Waals surface area contributed by atoms with Crippen molar-refractivity contribution in [1.29, 1.82) is 0 Å². The van der Waals surface area contributed by atoms with Crippen molar-refractivity contribution in [3.05, 3.63) is 0 Å². The lowest BCUT2D eigenvalue weighted by molar-refractivity contribution is -0.870. The average Bonchev–Trinajstić information content (AvgIpc) is 2.87. The van der Waals surface area contributed by atoms with Crippen molar-refractivity contribution in [2.45, 2.75) is 122 Å². The summed E-state index contributed by atoms with van der Waals surface area (Å²) in [4.78, 5) is 11.0. The van der Waals surface area contributed by atoms with Gasteiger partial charge in [0.2, 0.25) is 0 Å². The second-order valence-electron chi connectivity index (χ2n) is 12.2. The average molecular weight is 529 g/mol. The Hall–Kier alpha value is -0.530. The second-order valence-corrected chi connectivity index (χ2v) is 12.2. The van der Waals surface area contributed by atoms with Gasteiger partial charge in [0, 0.05) is 6.61 Å². The number of ether oxygens (including phenoxy) is 4. The third-order valence-electron chi connectivity index (χ3n) is 7.36. The zero-order valence-electron chi connectivity index (χ0n) is 25.1. The molecule has 0 heterocycles. The summed E-state index contributed by atoms with van der Waals surface area (Å²) in [6.45, 7) is 6.15. The van der Waals surface area contributed by atoms with Gasteiger partial charge in [-0.15, -0.1) is 0 Å². The van der Waals surface area contributed by atoms with Crippen molar-refractivity contribution in [3.63, 3.8) is 0 Å². The molecule has 0 spiro atoms. The van der Waals surface area contributed by atoms with Gasteiger partial charge in [-0.2, -0.15) is 0 Å². The molecule has 0 aromatic rings. The molecular formula is C31H62NO5+. The molecular weight excluding hydrogens is 466 g/mol. The third kappa shape index (κ3) is 23.1. The minimum absolute atomic E-state index is 0.228. The predicted molar refractivity (Wildman–Crippen MR) is 153 cm³/mol. The van der Waals surface area contributed by atoms with E-state index in [2.05, 4.69) is 21.1 Å². The van der Waals surface area contributed by atoms with Crippen LogP contribution in [-0.2, 0) is 23.7 Å². The number of hydrogen-bond donors (Lipinski definition) is 0. The Morgan fingerprint density at radius 3 is 1.84 bits per heavy atom. The minimum Gasteiger partial charge on any atom is -0.379 e. The van der Waals surface area contributed by atoms with Crippen LogP contribution < -0.4 is 0 Å². The Bertz CT molecular complexity index is 504. The summed E-state index contributed by atoms with van der Waals surface area (Å²) in [5.74, 6) is 1.05. The highest BCUT2D eigenvalue weighted by Gasteiger charge is 2.14. The van der Waals surface area contributed by atoms with Gasteiger partial charge in [-0.05, 0) is 19.3 Å². The van der Waals surface area contributed by atoms with Crippen LogP contribution in [0, 0.1) is 5.92 Å². The molecule has 1 saturated carbocycles. The Balaban J connectivity index is 1.92. The van der Waals surface area contributed by atoms with E-state index in [0.29, 0.717) is 26.4 Å². The molecule has 0 N–H and O–H groups in total. The molecule has 2 atom stereocenters. The van der Waals surface area contributed by atoms with E-state index in [9.17, 15) is 4.79 Å². The number of hydrogen-bond acceptors (Lipinski definition) is 5. The van der Waals surface area contributed by atoms with Gasteiger partial charge in [0.05, 0.1) is 54.2 Å². The van der Waals surface area contributed by atoms with Gasteiger partial charge in [0.25, 0.3) is 0 Å². The van der Waals surface area contributed by atoms with Crippen LogP contribution in [0.1, 0.15) is 110 Å². The highest BCUT2D eigenvalue weighted by Crippen LogP contribution is 2.28. The van der Waals surface area contributed by atoms with Crippen LogP contribution in [0.4, 0.5) is 0 Å². The maximum absolute atomic E-state index is 11.0. The summed E-state index contributed by atoms with van der Waals surface area (Å²) < 4.78 is 23.8. The van der Waals surface area contributed by atoms with Gasteiger partial charge in [-0.3, -0.25) is 0 Å². The molecule has 0 radical (unpaired) electrons. The quantitative estimate of drug-likeness (QED) is 0.0720. The molecule has 1 fully saturated rings. The van der Waals surface area contributed by atoms with Gasteiger partial charge >= 0.3 is 0 Å². The summed E-state index contributed by atoms with van der Waals surface area (Å²) >= 11 is 0. The van der Waals surface area contributed by atoms with Crippen LogP contribution in [0.5, 0.6) is 0 Å². The van der Waals surface area contributed by atoms with Crippen molar-refractivity contribution >= 4 is 6.29 Å². The van der Waals surface area contributed by atoms with Gasteiger partial charge in [-0.25, -0.2) is 0 Å². The first-order chi connectivity index (χ1) is 17.9. The zero-order valence-corrected chi connectivity index (χ0v) is 25.1. The summed E-state index contributed by atoms with van der Waals surface area (Å²) in [5, 5.41) is 0. The Kier molecular flexibility index (Phi) is 21.8. The Morgan fingerprint density at radius 1 is 0.703 bits per heavy atom. The number of likely N-dealkylation sites (N-methyl/N-ethyl adjacent to an activating group) is 1. The molecule has 0 aromatic carbocycles. The molecule has 0 aliphatic heterocycles. The molecule has 1 aliphatic carbocycles. The van der Waals surface area contributed by atoms with Gasteiger partial charge < -0.3 is 28.2 Å². The van der Waals surface area contributed by atoms with E-state index in [1.807, 2.05) is 0 Å². The van der Waals surface area contributed by atoms with E-state index in [1.54, 1.807) is 6.92 Å². The van der Waals surface area contributed by atoms with Gasteiger partial charge in [0.15, 0.2) is 0 Å². The molecule has 220 valence electrons. The molecule has 0 saturated heterocycles. The van der Waals surface area contributed by atoms with Crippen LogP contribution in [0.2, 0.25) is 0 Å². The predicted octanol–water partition coefficient (Wildman–Crippen LogP) is 6.59. The highest BCUT2D eigenvalue weighted by molar-refractivity contribution is 5.55. The first kappa shape index (κ1) is 34.5. The van der Waals surface area contributed by atoms with Crippen LogP contribution in [-0.4, -0.2) is 90.3 Å². The fourth-order valence-corrected chi connectivity index (χ4v) is 4.98. The number of carbonyl (C=O) groups is 1. The van der Waals surface area contributed by atoms with Crippen molar-refractivity contribution < 1.29 is 28.2 Å². The van der Waals surface area contributed by atoms with Crippen molar-refractivity contribution in [3.8, 4) is 0 Å². The molecule has 6 heteroatoms. The topological polar surface area (TPSA) is 54.0 Å². The molecule has 1 rings (SSSR count). The largest absolute Gasteiger partial charge is 0.379 e. The van der Waals surface area contributed by atoms with E-state index in [4.69, 9.17) is 18.9 Å². The van der Waals surface area contributed by atoms with E-state index < -0.39 is 6.10 Å². The smallest absolute Gasteiger partial charge is 0.148 e. The normalized spacial score (nSPS) is 16.6. The van der Waals surface area contributed by atoms with E-state index >= 15 is 0 Å². The fourth-order valence-electron chi connectivity index (χ4n) is 4.98. The van der Waals surface area contributed by atoms with Crippen LogP contribution >= 0.6 is 0 Å².